The Kier molecular flexibility index (Phi) is 4.37. The van der Waals surface area contributed by atoms with Crippen LogP contribution in [-0.2, 0) is 9.53 Å². The molecular weight excluding hydrogens is 256 g/mol. The third-order valence-electron chi connectivity index (χ3n) is 3.32. The molecule has 2 aromatic carbocycles. The first-order valence-electron chi connectivity index (χ1n) is 6.57. The number of carbonyl (C=O) groups excluding carboxylic acids is 1. The largest absolute Gasteiger partial charge is 0.464 e. The zero-order valence-electron chi connectivity index (χ0n) is 11.5. The van der Waals surface area contributed by atoms with Crippen molar-refractivity contribution < 1.29 is 19.7 Å². The molecular formula is C16H18O4. The van der Waals surface area contributed by atoms with E-state index in [-0.39, 0.29) is 6.61 Å². The van der Waals surface area contributed by atoms with Gasteiger partial charge in [0.25, 0.3) is 0 Å². The van der Waals surface area contributed by atoms with Gasteiger partial charge in [-0.15, -0.1) is 0 Å². The Morgan fingerprint density at radius 1 is 1.15 bits per heavy atom. The van der Waals surface area contributed by atoms with E-state index < -0.39 is 18.2 Å². The predicted molar refractivity (Wildman–Crippen MR) is 76.3 cm³/mol. The van der Waals surface area contributed by atoms with Crippen LogP contribution in [0.2, 0.25) is 0 Å². The van der Waals surface area contributed by atoms with Gasteiger partial charge in [-0.05, 0) is 35.7 Å². The highest BCUT2D eigenvalue weighted by molar-refractivity contribution is 5.89. The fraction of sp³-hybridized carbons (Fsp3) is 0.312. The van der Waals surface area contributed by atoms with Gasteiger partial charge in [0, 0.05) is 0 Å². The second kappa shape index (κ2) is 6.03. The number of aliphatic hydroxyl groups excluding tert-OH is 2. The standard InChI is InChI=1S/C16H18O4/c1-3-20-16(19)15(18)14(17)13-9-8-10(2)11-6-4-5-7-12(11)13/h4-9,14-15,17-18H,3H2,1-2H3. The fourth-order valence-electron chi connectivity index (χ4n) is 2.26. The molecule has 2 aromatic rings. The van der Waals surface area contributed by atoms with E-state index >= 15 is 0 Å². The second-order valence-electron chi connectivity index (χ2n) is 4.66. The van der Waals surface area contributed by atoms with Gasteiger partial charge in [0.1, 0.15) is 6.10 Å². The van der Waals surface area contributed by atoms with Gasteiger partial charge in [0.05, 0.1) is 6.61 Å². The number of hydrogen-bond donors (Lipinski definition) is 2. The van der Waals surface area contributed by atoms with E-state index in [0.717, 1.165) is 16.3 Å². The Morgan fingerprint density at radius 2 is 1.80 bits per heavy atom. The normalized spacial score (nSPS) is 14.0. The quantitative estimate of drug-likeness (QED) is 0.838. The summed E-state index contributed by atoms with van der Waals surface area (Å²) in [7, 11) is 0. The molecule has 2 rings (SSSR count). The van der Waals surface area contributed by atoms with E-state index in [9.17, 15) is 15.0 Å². The number of hydrogen-bond acceptors (Lipinski definition) is 4. The molecule has 4 nitrogen and oxygen atoms in total. The van der Waals surface area contributed by atoms with E-state index in [1.807, 2.05) is 37.3 Å². The van der Waals surface area contributed by atoms with Gasteiger partial charge in [-0.2, -0.15) is 0 Å². The van der Waals surface area contributed by atoms with Crippen LogP contribution in [-0.4, -0.2) is 28.9 Å². The Labute approximate surface area is 117 Å². The highest BCUT2D eigenvalue weighted by Crippen LogP contribution is 2.28. The zero-order chi connectivity index (χ0) is 14.7. The van der Waals surface area contributed by atoms with Crippen LogP contribution in [0.1, 0.15) is 24.2 Å². The number of carbonyl (C=O) groups is 1. The van der Waals surface area contributed by atoms with Crippen LogP contribution in [0.5, 0.6) is 0 Å². The van der Waals surface area contributed by atoms with Crippen LogP contribution in [0.3, 0.4) is 0 Å². The van der Waals surface area contributed by atoms with Crippen molar-refractivity contribution >= 4 is 16.7 Å². The molecule has 0 saturated heterocycles. The van der Waals surface area contributed by atoms with Crippen molar-refractivity contribution in [3.63, 3.8) is 0 Å². The minimum atomic E-state index is -1.58. The Bertz CT molecular complexity index is 621. The monoisotopic (exact) mass is 274 g/mol. The molecule has 0 bridgehead atoms. The minimum Gasteiger partial charge on any atom is -0.464 e. The molecule has 0 aliphatic heterocycles. The van der Waals surface area contributed by atoms with Crippen LogP contribution in [0.25, 0.3) is 10.8 Å². The second-order valence-corrected chi connectivity index (χ2v) is 4.66. The third kappa shape index (κ3) is 2.66. The van der Waals surface area contributed by atoms with Crippen LogP contribution >= 0.6 is 0 Å². The molecule has 2 atom stereocenters. The third-order valence-corrected chi connectivity index (χ3v) is 3.32. The molecule has 4 heteroatoms. The summed E-state index contributed by atoms with van der Waals surface area (Å²) in [5.41, 5.74) is 1.59. The average molecular weight is 274 g/mol. The summed E-state index contributed by atoms with van der Waals surface area (Å²) < 4.78 is 4.73. The van der Waals surface area contributed by atoms with E-state index in [2.05, 4.69) is 0 Å². The molecule has 0 spiro atoms. The van der Waals surface area contributed by atoms with Crippen molar-refractivity contribution in [2.24, 2.45) is 0 Å². The lowest BCUT2D eigenvalue weighted by molar-refractivity contribution is -0.159. The first-order chi connectivity index (χ1) is 9.56. The van der Waals surface area contributed by atoms with Crippen molar-refractivity contribution in [2.45, 2.75) is 26.1 Å². The van der Waals surface area contributed by atoms with Crippen molar-refractivity contribution in [3.05, 3.63) is 47.5 Å². The van der Waals surface area contributed by atoms with Gasteiger partial charge in [0.2, 0.25) is 0 Å². The lowest BCUT2D eigenvalue weighted by atomic mass is 9.95. The average Bonchev–Trinajstić information content (AvgIpc) is 2.47. The van der Waals surface area contributed by atoms with E-state index in [0.29, 0.717) is 5.56 Å². The van der Waals surface area contributed by atoms with E-state index in [1.165, 1.54) is 0 Å². The fourth-order valence-corrected chi connectivity index (χ4v) is 2.26. The molecule has 0 amide bonds. The predicted octanol–water partition coefficient (Wildman–Crippen LogP) is 2.11. The molecule has 0 aromatic heterocycles. The molecule has 20 heavy (non-hydrogen) atoms. The van der Waals surface area contributed by atoms with Gasteiger partial charge >= 0.3 is 5.97 Å². The number of aliphatic hydroxyl groups is 2. The number of fused-ring (bicyclic) bond motifs is 1. The number of esters is 1. The van der Waals surface area contributed by atoms with Crippen molar-refractivity contribution in [1.29, 1.82) is 0 Å². The lowest BCUT2D eigenvalue weighted by Gasteiger charge is -2.19. The Hall–Kier alpha value is -1.91. The molecule has 0 saturated carbocycles. The molecule has 0 radical (unpaired) electrons. The van der Waals surface area contributed by atoms with Crippen LogP contribution in [0, 0.1) is 6.92 Å². The van der Waals surface area contributed by atoms with Gasteiger partial charge in [-0.1, -0.05) is 36.4 Å². The van der Waals surface area contributed by atoms with Crippen LogP contribution in [0.4, 0.5) is 0 Å². The molecule has 2 unspecified atom stereocenters. The summed E-state index contributed by atoms with van der Waals surface area (Å²) >= 11 is 0. The highest BCUT2D eigenvalue weighted by atomic mass is 16.5. The Balaban J connectivity index is 2.42. The maximum Gasteiger partial charge on any atom is 0.338 e. The smallest absolute Gasteiger partial charge is 0.338 e. The lowest BCUT2D eigenvalue weighted by Crippen LogP contribution is -2.30. The first-order valence-corrected chi connectivity index (χ1v) is 6.57. The SMILES string of the molecule is CCOC(=O)C(O)C(O)c1ccc(C)c2ccccc12. The maximum atomic E-state index is 11.5. The molecule has 2 N–H and O–H groups in total. The minimum absolute atomic E-state index is 0.164. The van der Waals surface area contributed by atoms with Gasteiger partial charge in [-0.3, -0.25) is 0 Å². The maximum absolute atomic E-state index is 11.5. The number of ether oxygens (including phenoxy) is 1. The molecule has 0 fully saturated rings. The van der Waals surface area contributed by atoms with Crippen molar-refractivity contribution in [2.75, 3.05) is 6.61 Å². The van der Waals surface area contributed by atoms with E-state index in [1.54, 1.807) is 13.0 Å². The van der Waals surface area contributed by atoms with Gasteiger partial charge in [-0.25, -0.2) is 4.79 Å². The summed E-state index contributed by atoms with van der Waals surface area (Å²) in [6, 6.07) is 11.2. The van der Waals surface area contributed by atoms with Crippen LogP contribution < -0.4 is 0 Å². The zero-order valence-corrected chi connectivity index (χ0v) is 11.5. The summed E-state index contributed by atoms with van der Waals surface area (Å²) in [6.07, 6.45) is -2.89. The number of benzene rings is 2. The van der Waals surface area contributed by atoms with Crippen LogP contribution in [0.15, 0.2) is 36.4 Å². The summed E-state index contributed by atoms with van der Waals surface area (Å²) in [5, 5.41) is 21.9. The van der Waals surface area contributed by atoms with Gasteiger partial charge in [0.15, 0.2) is 6.10 Å². The van der Waals surface area contributed by atoms with E-state index in [4.69, 9.17) is 4.74 Å². The highest BCUT2D eigenvalue weighted by Gasteiger charge is 2.28. The Morgan fingerprint density at radius 3 is 2.45 bits per heavy atom. The summed E-state index contributed by atoms with van der Waals surface area (Å²) in [6.45, 7) is 3.79. The number of aryl methyl sites for hydroxylation is 1. The molecule has 0 aliphatic rings. The topological polar surface area (TPSA) is 66.8 Å². The van der Waals surface area contributed by atoms with Gasteiger partial charge < -0.3 is 14.9 Å². The molecule has 0 aliphatic carbocycles. The summed E-state index contributed by atoms with van der Waals surface area (Å²) in [4.78, 5) is 11.5. The molecule has 0 heterocycles. The summed E-state index contributed by atoms with van der Waals surface area (Å²) in [5.74, 6) is -0.815. The first kappa shape index (κ1) is 14.5. The number of rotatable bonds is 4. The van der Waals surface area contributed by atoms with Crippen molar-refractivity contribution in [3.8, 4) is 0 Å². The van der Waals surface area contributed by atoms with Crippen molar-refractivity contribution in [1.82, 2.24) is 0 Å². The molecule has 106 valence electrons.